The molecule has 2 fully saturated rings. The summed E-state index contributed by atoms with van der Waals surface area (Å²) in [4.78, 5) is 39.0. The van der Waals surface area contributed by atoms with E-state index in [1.54, 1.807) is 0 Å². The number of rotatable bonds is 9. The Kier molecular flexibility index (Phi) is 9.20. The number of ketones is 1. The Balaban J connectivity index is 1.07. The van der Waals surface area contributed by atoms with Crippen molar-refractivity contribution in [3.63, 3.8) is 0 Å². The number of fused-ring (bicyclic) bond motifs is 1. The van der Waals surface area contributed by atoms with Crippen LogP contribution in [0.1, 0.15) is 66.8 Å². The normalized spacial score (nSPS) is 23.5. The van der Waals surface area contributed by atoms with E-state index in [1.807, 2.05) is 73.6 Å². The Morgan fingerprint density at radius 3 is 2.18 bits per heavy atom. The zero-order chi connectivity index (χ0) is 30.5. The number of amides is 1. The SMILES string of the molecule is CN(C)c1nc(NC2CCC(CNC(=O)[C@@H]3C[C@@H](c4ccccc4)CC[C@H]3C(=O)c3ccccc3)CC2)nc2ccccc12. The number of benzene rings is 3. The number of carbonyl (C=O) groups excluding carboxylic acids is 2. The van der Waals surface area contributed by atoms with Gasteiger partial charge in [0.2, 0.25) is 11.9 Å². The van der Waals surface area contributed by atoms with Crippen molar-refractivity contribution < 1.29 is 9.59 Å². The van der Waals surface area contributed by atoms with E-state index in [9.17, 15) is 9.59 Å². The van der Waals surface area contributed by atoms with Gasteiger partial charge in [-0.05, 0) is 74.5 Å². The van der Waals surface area contributed by atoms with Crippen molar-refractivity contribution in [1.29, 1.82) is 0 Å². The number of nitrogens with one attached hydrogen (secondary N) is 2. The molecular weight excluding hydrogens is 546 g/mol. The molecule has 228 valence electrons. The summed E-state index contributed by atoms with van der Waals surface area (Å²) < 4.78 is 0. The van der Waals surface area contributed by atoms with Gasteiger partial charge in [0.1, 0.15) is 5.82 Å². The van der Waals surface area contributed by atoms with Gasteiger partial charge in [-0.25, -0.2) is 4.98 Å². The second kappa shape index (κ2) is 13.6. The van der Waals surface area contributed by atoms with E-state index in [4.69, 9.17) is 9.97 Å². The van der Waals surface area contributed by atoms with Crippen LogP contribution in [0, 0.1) is 17.8 Å². The second-order valence-corrected chi connectivity index (χ2v) is 12.8. The number of Topliss-reactive ketones (excluding diaryl/α,β-unsaturated/α-hetero) is 1. The van der Waals surface area contributed by atoms with Crippen LogP contribution in [0.4, 0.5) is 11.8 Å². The minimum Gasteiger partial charge on any atom is -0.362 e. The van der Waals surface area contributed by atoms with Gasteiger partial charge in [-0.15, -0.1) is 0 Å². The largest absolute Gasteiger partial charge is 0.362 e. The molecular formula is C37H43N5O2. The lowest BCUT2D eigenvalue weighted by molar-refractivity contribution is -0.127. The molecule has 7 nitrogen and oxygen atoms in total. The molecule has 2 N–H and O–H groups in total. The highest BCUT2D eigenvalue weighted by Crippen LogP contribution is 2.41. The van der Waals surface area contributed by atoms with E-state index in [0.717, 1.165) is 55.2 Å². The fourth-order valence-corrected chi connectivity index (χ4v) is 7.15. The first-order chi connectivity index (χ1) is 21.5. The van der Waals surface area contributed by atoms with Gasteiger partial charge < -0.3 is 15.5 Å². The molecule has 4 aromatic rings. The molecule has 6 rings (SSSR count). The van der Waals surface area contributed by atoms with Crippen LogP contribution in [-0.2, 0) is 4.79 Å². The number of aromatic nitrogens is 2. The standard InChI is InChI=1S/C37H43N5O2/c1-42(2)35-31-15-9-10-16-33(31)40-37(41-35)39-29-20-17-25(18-21-29)24-38-36(44)32-23-28(26-11-5-3-6-12-26)19-22-30(32)34(43)27-13-7-4-8-14-27/h3-16,25,28-30,32H,17-24H2,1-2H3,(H,38,44)(H,39,40,41)/t25?,28-,29?,30+,32+/m0/s1. The Bertz CT molecular complexity index is 1570. The molecule has 0 aliphatic heterocycles. The van der Waals surface area contributed by atoms with Crippen LogP contribution < -0.4 is 15.5 Å². The van der Waals surface area contributed by atoms with Crippen LogP contribution in [0.25, 0.3) is 10.9 Å². The van der Waals surface area contributed by atoms with E-state index >= 15 is 0 Å². The van der Waals surface area contributed by atoms with E-state index in [2.05, 4.69) is 41.0 Å². The average Bonchev–Trinajstić information content (AvgIpc) is 3.07. The first kappa shape index (κ1) is 29.8. The third kappa shape index (κ3) is 6.77. The van der Waals surface area contributed by atoms with Gasteiger partial charge in [0, 0.05) is 49.5 Å². The first-order valence-corrected chi connectivity index (χ1v) is 16.1. The maximum Gasteiger partial charge on any atom is 0.225 e. The van der Waals surface area contributed by atoms with Gasteiger partial charge in [-0.3, -0.25) is 9.59 Å². The van der Waals surface area contributed by atoms with Gasteiger partial charge in [0.15, 0.2) is 5.78 Å². The quantitative estimate of drug-likeness (QED) is 0.207. The lowest BCUT2D eigenvalue weighted by Crippen LogP contribution is -2.43. The summed E-state index contributed by atoms with van der Waals surface area (Å²) in [5.74, 6) is 1.81. The minimum absolute atomic E-state index is 0.0286. The van der Waals surface area contributed by atoms with Gasteiger partial charge >= 0.3 is 0 Å². The molecule has 1 aromatic heterocycles. The lowest BCUT2D eigenvalue weighted by Gasteiger charge is -2.35. The van der Waals surface area contributed by atoms with Crippen LogP contribution >= 0.6 is 0 Å². The van der Waals surface area contributed by atoms with Crippen LogP contribution in [0.2, 0.25) is 0 Å². The highest BCUT2D eigenvalue weighted by Gasteiger charge is 2.40. The summed E-state index contributed by atoms with van der Waals surface area (Å²) in [6, 6.07) is 28.3. The van der Waals surface area contributed by atoms with Crippen LogP contribution in [-0.4, -0.2) is 48.3 Å². The third-order valence-corrected chi connectivity index (χ3v) is 9.60. The summed E-state index contributed by atoms with van der Waals surface area (Å²) in [6.07, 6.45) is 6.41. The van der Waals surface area contributed by atoms with Gasteiger partial charge in [0.25, 0.3) is 0 Å². The molecule has 2 aliphatic rings. The molecule has 0 saturated heterocycles. The fourth-order valence-electron chi connectivity index (χ4n) is 7.15. The molecule has 3 aromatic carbocycles. The molecule has 3 atom stereocenters. The zero-order valence-electron chi connectivity index (χ0n) is 25.8. The number of para-hydroxylation sites is 1. The van der Waals surface area contributed by atoms with Gasteiger partial charge in [0.05, 0.1) is 5.52 Å². The van der Waals surface area contributed by atoms with E-state index < -0.39 is 0 Å². The first-order valence-electron chi connectivity index (χ1n) is 16.1. The predicted molar refractivity (Wildman–Crippen MR) is 177 cm³/mol. The van der Waals surface area contributed by atoms with Crippen LogP contribution in [0.15, 0.2) is 84.9 Å². The molecule has 1 heterocycles. The smallest absolute Gasteiger partial charge is 0.225 e. The number of hydrogen-bond donors (Lipinski definition) is 2. The van der Waals surface area contributed by atoms with Crippen molar-refractivity contribution in [3.8, 4) is 0 Å². The summed E-state index contributed by atoms with van der Waals surface area (Å²) in [6.45, 7) is 0.654. The summed E-state index contributed by atoms with van der Waals surface area (Å²) >= 11 is 0. The molecule has 2 aliphatic carbocycles. The molecule has 1 amide bonds. The molecule has 0 bridgehead atoms. The highest BCUT2D eigenvalue weighted by molar-refractivity contribution is 6.00. The summed E-state index contributed by atoms with van der Waals surface area (Å²) in [5, 5.41) is 7.92. The van der Waals surface area contributed by atoms with E-state index in [0.29, 0.717) is 42.4 Å². The summed E-state index contributed by atoms with van der Waals surface area (Å²) in [7, 11) is 4.01. The van der Waals surface area contributed by atoms with Crippen molar-refractivity contribution in [2.45, 2.75) is 56.9 Å². The van der Waals surface area contributed by atoms with Crippen molar-refractivity contribution in [2.24, 2.45) is 17.8 Å². The second-order valence-electron chi connectivity index (χ2n) is 12.8. The lowest BCUT2D eigenvalue weighted by atomic mass is 9.69. The Morgan fingerprint density at radius 1 is 0.773 bits per heavy atom. The van der Waals surface area contributed by atoms with Crippen molar-refractivity contribution in [3.05, 3.63) is 96.1 Å². The highest BCUT2D eigenvalue weighted by atomic mass is 16.2. The number of anilines is 2. The molecule has 0 radical (unpaired) electrons. The van der Waals surface area contributed by atoms with Crippen molar-refractivity contribution >= 4 is 34.4 Å². The number of nitrogens with zero attached hydrogens (tertiary/aromatic N) is 3. The maximum absolute atomic E-state index is 13.8. The van der Waals surface area contributed by atoms with Crippen LogP contribution in [0.3, 0.4) is 0 Å². The van der Waals surface area contributed by atoms with Gasteiger partial charge in [-0.1, -0.05) is 72.8 Å². The fraction of sp³-hybridized carbons (Fsp3) is 0.405. The number of hydrogen-bond acceptors (Lipinski definition) is 6. The predicted octanol–water partition coefficient (Wildman–Crippen LogP) is 6.87. The summed E-state index contributed by atoms with van der Waals surface area (Å²) in [5.41, 5.74) is 2.90. The van der Waals surface area contributed by atoms with Gasteiger partial charge in [-0.2, -0.15) is 4.98 Å². The molecule has 0 unspecified atom stereocenters. The van der Waals surface area contributed by atoms with Crippen molar-refractivity contribution in [1.82, 2.24) is 15.3 Å². The molecule has 7 heteroatoms. The van der Waals surface area contributed by atoms with Crippen LogP contribution in [0.5, 0.6) is 0 Å². The maximum atomic E-state index is 13.8. The number of carbonyl (C=O) groups is 2. The topological polar surface area (TPSA) is 87.2 Å². The molecule has 2 saturated carbocycles. The molecule has 0 spiro atoms. The average molecular weight is 590 g/mol. The molecule has 44 heavy (non-hydrogen) atoms. The monoisotopic (exact) mass is 589 g/mol. The third-order valence-electron chi connectivity index (χ3n) is 9.60. The Labute approximate surface area is 260 Å². The van der Waals surface area contributed by atoms with Crippen molar-refractivity contribution in [2.75, 3.05) is 30.9 Å². The van der Waals surface area contributed by atoms with E-state index in [1.165, 1.54) is 5.56 Å². The minimum atomic E-state index is -0.324. The van der Waals surface area contributed by atoms with E-state index in [-0.39, 0.29) is 23.5 Å². The Hall–Kier alpha value is -4.26. The zero-order valence-corrected chi connectivity index (χ0v) is 25.8. The Morgan fingerprint density at radius 2 is 1.45 bits per heavy atom.